The Morgan fingerprint density at radius 2 is 1.83 bits per heavy atom. The number of rotatable bonds is 6. The van der Waals surface area contributed by atoms with Crippen molar-refractivity contribution < 1.29 is 13.2 Å². The van der Waals surface area contributed by atoms with Crippen LogP contribution in [-0.2, 0) is 16.4 Å². The van der Waals surface area contributed by atoms with Gasteiger partial charge in [-0.1, -0.05) is 39.0 Å². The lowest BCUT2D eigenvalue weighted by Gasteiger charge is -2.10. The smallest absolute Gasteiger partial charge is 0.262 e. The van der Waals surface area contributed by atoms with Crippen molar-refractivity contribution in [2.75, 3.05) is 4.72 Å². The zero-order valence-corrected chi connectivity index (χ0v) is 15.3. The largest absolute Gasteiger partial charge is 0.294 e. The minimum atomic E-state index is -3.70. The molecule has 1 aromatic carbocycles. The summed E-state index contributed by atoms with van der Waals surface area (Å²) in [5.41, 5.74) is 1.46. The average Bonchev–Trinajstić information content (AvgIpc) is 2.86. The van der Waals surface area contributed by atoms with Crippen LogP contribution in [0.5, 0.6) is 0 Å². The van der Waals surface area contributed by atoms with Crippen LogP contribution in [-0.4, -0.2) is 14.2 Å². The summed E-state index contributed by atoms with van der Waals surface area (Å²) in [6, 6.07) is 8.18. The molecule has 0 unspecified atom stereocenters. The SMILES string of the molecule is CCc1sc(NS(=O)(=O)c2ccccc2)c(C(C)=O)c1C(C)C. The van der Waals surface area contributed by atoms with Crippen molar-refractivity contribution in [3.8, 4) is 0 Å². The third kappa shape index (κ3) is 3.64. The maximum absolute atomic E-state index is 12.5. The maximum atomic E-state index is 12.5. The van der Waals surface area contributed by atoms with Gasteiger partial charge in [0, 0.05) is 4.88 Å². The van der Waals surface area contributed by atoms with Crippen molar-refractivity contribution in [1.29, 1.82) is 0 Å². The number of thiophene rings is 1. The third-order valence-corrected chi connectivity index (χ3v) is 6.31. The minimum absolute atomic E-state index is 0.115. The molecule has 0 amide bonds. The molecule has 4 nitrogen and oxygen atoms in total. The summed E-state index contributed by atoms with van der Waals surface area (Å²) in [6.07, 6.45) is 0.769. The Bertz CT molecular complexity index is 806. The molecule has 0 aliphatic heterocycles. The van der Waals surface area contributed by atoms with Crippen LogP contribution in [0.4, 0.5) is 5.00 Å². The van der Waals surface area contributed by atoms with Gasteiger partial charge in [0.05, 0.1) is 10.5 Å². The van der Waals surface area contributed by atoms with Gasteiger partial charge in [-0.3, -0.25) is 9.52 Å². The lowest BCUT2D eigenvalue weighted by atomic mass is 9.96. The summed E-state index contributed by atoms with van der Waals surface area (Å²) in [6.45, 7) is 7.52. The molecule has 0 saturated heterocycles. The fourth-order valence-corrected chi connectivity index (χ4v) is 5.24. The van der Waals surface area contributed by atoms with Gasteiger partial charge < -0.3 is 0 Å². The molecule has 0 radical (unpaired) electrons. The Hall–Kier alpha value is -1.66. The van der Waals surface area contributed by atoms with E-state index in [1.54, 1.807) is 18.2 Å². The molecule has 1 N–H and O–H groups in total. The van der Waals surface area contributed by atoms with Crippen LogP contribution in [0.1, 0.15) is 54.4 Å². The Morgan fingerprint density at radius 1 is 1.22 bits per heavy atom. The molecule has 0 aliphatic carbocycles. The van der Waals surface area contributed by atoms with E-state index in [1.807, 2.05) is 20.8 Å². The molecule has 0 atom stereocenters. The standard InChI is InChI=1S/C17H21NO3S2/c1-5-14-15(11(2)3)16(12(4)19)17(22-14)18-23(20,21)13-9-7-6-8-10-13/h6-11,18H,5H2,1-4H3. The van der Waals surface area contributed by atoms with E-state index >= 15 is 0 Å². The molecule has 23 heavy (non-hydrogen) atoms. The number of carbonyl (C=O) groups excluding carboxylic acids is 1. The van der Waals surface area contributed by atoms with Gasteiger partial charge in [0.25, 0.3) is 10.0 Å². The fourth-order valence-electron chi connectivity index (χ4n) is 2.57. The van der Waals surface area contributed by atoms with Crippen LogP contribution in [0.3, 0.4) is 0 Å². The first-order valence-electron chi connectivity index (χ1n) is 7.52. The van der Waals surface area contributed by atoms with Gasteiger partial charge in [0.1, 0.15) is 5.00 Å². The van der Waals surface area contributed by atoms with E-state index < -0.39 is 10.0 Å². The molecular weight excluding hydrogens is 330 g/mol. The number of ketones is 1. The predicted molar refractivity (Wildman–Crippen MR) is 95.0 cm³/mol. The van der Waals surface area contributed by atoms with Crippen molar-refractivity contribution in [3.05, 3.63) is 46.3 Å². The van der Waals surface area contributed by atoms with Gasteiger partial charge in [-0.2, -0.15) is 0 Å². The highest BCUT2D eigenvalue weighted by atomic mass is 32.2. The number of sulfonamides is 1. The maximum Gasteiger partial charge on any atom is 0.262 e. The molecule has 2 rings (SSSR count). The lowest BCUT2D eigenvalue weighted by Crippen LogP contribution is -2.14. The second kappa shape index (κ2) is 6.84. The third-order valence-electron chi connectivity index (χ3n) is 3.55. The monoisotopic (exact) mass is 351 g/mol. The van der Waals surface area contributed by atoms with Gasteiger partial charge in [-0.15, -0.1) is 11.3 Å². The highest BCUT2D eigenvalue weighted by Crippen LogP contribution is 2.39. The van der Waals surface area contributed by atoms with Gasteiger partial charge in [0.2, 0.25) is 0 Å². The highest BCUT2D eigenvalue weighted by Gasteiger charge is 2.25. The Labute approximate surface area is 141 Å². The van der Waals surface area contributed by atoms with Crippen molar-refractivity contribution in [1.82, 2.24) is 0 Å². The molecule has 0 spiro atoms. The van der Waals surface area contributed by atoms with Crippen LogP contribution in [0.15, 0.2) is 35.2 Å². The quantitative estimate of drug-likeness (QED) is 0.783. The van der Waals surface area contributed by atoms with Gasteiger partial charge >= 0.3 is 0 Å². The molecule has 0 aliphatic rings. The Kier molecular flexibility index (Phi) is 5.26. The van der Waals surface area contributed by atoms with Crippen LogP contribution in [0.25, 0.3) is 0 Å². The van der Waals surface area contributed by atoms with Crippen LogP contribution in [0, 0.1) is 0 Å². The molecule has 1 heterocycles. The van der Waals surface area contributed by atoms with Crippen LogP contribution < -0.4 is 4.72 Å². The van der Waals surface area contributed by atoms with Crippen LogP contribution >= 0.6 is 11.3 Å². The first-order chi connectivity index (χ1) is 10.8. The first kappa shape index (κ1) is 17.7. The summed E-state index contributed by atoms with van der Waals surface area (Å²) in [5.74, 6) is 0.0468. The number of carbonyl (C=O) groups is 1. The second-order valence-electron chi connectivity index (χ2n) is 5.63. The van der Waals surface area contributed by atoms with E-state index in [2.05, 4.69) is 4.72 Å². The first-order valence-corrected chi connectivity index (χ1v) is 9.82. The van der Waals surface area contributed by atoms with E-state index in [-0.39, 0.29) is 16.6 Å². The fraction of sp³-hybridized carbons (Fsp3) is 0.353. The molecule has 2 aromatic rings. The number of hydrogen-bond acceptors (Lipinski definition) is 4. The molecule has 124 valence electrons. The molecule has 0 fully saturated rings. The number of hydrogen-bond donors (Lipinski definition) is 1. The number of aryl methyl sites for hydroxylation is 1. The van der Waals surface area contributed by atoms with E-state index in [0.29, 0.717) is 10.6 Å². The van der Waals surface area contributed by atoms with Gasteiger partial charge in [0.15, 0.2) is 5.78 Å². The molecular formula is C17H21NO3S2. The summed E-state index contributed by atoms with van der Waals surface area (Å²) < 4.78 is 27.7. The van der Waals surface area contributed by atoms with Gasteiger partial charge in [-0.05, 0) is 37.0 Å². The molecule has 6 heteroatoms. The lowest BCUT2D eigenvalue weighted by molar-refractivity contribution is 0.101. The van der Waals surface area contributed by atoms with E-state index in [1.165, 1.54) is 30.4 Å². The molecule has 0 bridgehead atoms. The normalized spacial score (nSPS) is 11.7. The number of Topliss-reactive ketones (excluding diaryl/α,β-unsaturated/α-hetero) is 1. The van der Waals surface area contributed by atoms with Crippen molar-refractivity contribution in [2.45, 2.75) is 44.9 Å². The van der Waals surface area contributed by atoms with E-state index in [0.717, 1.165) is 16.9 Å². The number of anilines is 1. The summed E-state index contributed by atoms with van der Waals surface area (Å²) in [5, 5.41) is 0.418. The predicted octanol–water partition coefficient (Wildman–Crippen LogP) is 4.44. The second-order valence-corrected chi connectivity index (χ2v) is 8.41. The zero-order valence-electron chi connectivity index (χ0n) is 13.7. The topological polar surface area (TPSA) is 63.2 Å². The number of nitrogens with one attached hydrogen (secondary N) is 1. The van der Waals surface area contributed by atoms with Crippen molar-refractivity contribution in [3.63, 3.8) is 0 Å². The molecule has 1 aromatic heterocycles. The highest BCUT2D eigenvalue weighted by molar-refractivity contribution is 7.93. The van der Waals surface area contributed by atoms with Crippen LogP contribution in [0.2, 0.25) is 0 Å². The van der Waals surface area contributed by atoms with Crippen molar-refractivity contribution >= 4 is 32.1 Å². The van der Waals surface area contributed by atoms with Gasteiger partial charge in [-0.25, -0.2) is 8.42 Å². The van der Waals surface area contributed by atoms with E-state index in [9.17, 15) is 13.2 Å². The Morgan fingerprint density at radius 3 is 2.30 bits per heavy atom. The van der Waals surface area contributed by atoms with Crippen molar-refractivity contribution in [2.24, 2.45) is 0 Å². The summed E-state index contributed by atoms with van der Waals surface area (Å²) in [7, 11) is -3.70. The number of benzene rings is 1. The minimum Gasteiger partial charge on any atom is -0.294 e. The molecule has 0 saturated carbocycles. The average molecular weight is 351 g/mol. The Balaban J connectivity index is 2.54. The summed E-state index contributed by atoms with van der Waals surface area (Å²) in [4.78, 5) is 13.4. The summed E-state index contributed by atoms with van der Waals surface area (Å²) >= 11 is 1.35. The zero-order chi connectivity index (χ0) is 17.2. The van der Waals surface area contributed by atoms with E-state index in [4.69, 9.17) is 0 Å².